The van der Waals surface area contributed by atoms with Gasteiger partial charge in [0.05, 0.1) is 6.54 Å². The largest absolute Gasteiger partial charge is 0.389 e. The van der Waals surface area contributed by atoms with Gasteiger partial charge >= 0.3 is 0 Å². The Labute approximate surface area is 111 Å². The van der Waals surface area contributed by atoms with E-state index in [0.717, 1.165) is 0 Å². The fourth-order valence-corrected chi connectivity index (χ4v) is 1.55. The number of hydrogen-bond donors (Lipinski definition) is 3. The topological polar surface area (TPSA) is 67.2 Å². The van der Waals surface area contributed by atoms with Crippen LogP contribution in [0.3, 0.4) is 0 Å². The molecule has 0 bridgehead atoms. The SMILES string of the molecule is CC(C)NC(=O)CNc1ccc(C(N)=S)c(F)c1. The number of hydrogen-bond acceptors (Lipinski definition) is 3. The molecule has 0 aliphatic rings. The van der Waals surface area contributed by atoms with Gasteiger partial charge in [0.2, 0.25) is 5.91 Å². The fraction of sp³-hybridized carbons (Fsp3) is 0.333. The van der Waals surface area contributed by atoms with Gasteiger partial charge in [0.15, 0.2) is 0 Å². The van der Waals surface area contributed by atoms with E-state index < -0.39 is 5.82 Å². The van der Waals surface area contributed by atoms with Crippen molar-refractivity contribution in [2.75, 3.05) is 11.9 Å². The minimum atomic E-state index is -0.503. The molecule has 0 radical (unpaired) electrons. The molecule has 0 aliphatic heterocycles. The summed E-state index contributed by atoms with van der Waals surface area (Å²) in [4.78, 5) is 11.4. The van der Waals surface area contributed by atoms with Gasteiger partial charge in [-0.1, -0.05) is 12.2 Å². The van der Waals surface area contributed by atoms with Gasteiger partial charge in [-0.2, -0.15) is 0 Å². The minimum Gasteiger partial charge on any atom is -0.389 e. The van der Waals surface area contributed by atoms with Crippen molar-refractivity contribution < 1.29 is 9.18 Å². The highest BCUT2D eigenvalue weighted by molar-refractivity contribution is 7.80. The summed E-state index contributed by atoms with van der Waals surface area (Å²) in [6.07, 6.45) is 0. The van der Waals surface area contributed by atoms with Gasteiger partial charge in [-0.05, 0) is 32.0 Å². The van der Waals surface area contributed by atoms with Crippen molar-refractivity contribution >= 4 is 28.8 Å². The molecule has 18 heavy (non-hydrogen) atoms. The van der Waals surface area contributed by atoms with E-state index in [0.29, 0.717) is 5.69 Å². The Bertz CT molecular complexity index is 463. The summed E-state index contributed by atoms with van der Waals surface area (Å²) in [7, 11) is 0. The summed E-state index contributed by atoms with van der Waals surface area (Å²) in [6.45, 7) is 3.83. The molecular weight excluding hydrogens is 253 g/mol. The molecule has 4 N–H and O–H groups in total. The molecule has 0 saturated heterocycles. The lowest BCUT2D eigenvalue weighted by Gasteiger charge is -2.10. The van der Waals surface area contributed by atoms with Gasteiger partial charge in [-0.25, -0.2) is 4.39 Å². The number of nitrogens with two attached hydrogens (primary N) is 1. The van der Waals surface area contributed by atoms with Gasteiger partial charge in [0.1, 0.15) is 10.8 Å². The highest BCUT2D eigenvalue weighted by atomic mass is 32.1. The zero-order valence-electron chi connectivity index (χ0n) is 10.3. The first kappa shape index (κ1) is 14.4. The molecule has 0 unspecified atom stereocenters. The molecule has 1 rings (SSSR count). The van der Waals surface area contributed by atoms with Crippen molar-refractivity contribution in [2.45, 2.75) is 19.9 Å². The van der Waals surface area contributed by atoms with Crippen LogP contribution in [0.25, 0.3) is 0 Å². The lowest BCUT2D eigenvalue weighted by Crippen LogP contribution is -2.34. The van der Waals surface area contributed by atoms with E-state index in [1.54, 1.807) is 6.07 Å². The maximum absolute atomic E-state index is 13.5. The third-order valence-electron chi connectivity index (χ3n) is 2.14. The van der Waals surface area contributed by atoms with E-state index in [1.165, 1.54) is 12.1 Å². The average Bonchev–Trinajstić information content (AvgIpc) is 2.25. The number of thiocarbonyl (C=S) groups is 1. The van der Waals surface area contributed by atoms with Gasteiger partial charge in [0.25, 0.3) is 0 Å². The lowest BCUT2D eigenvalue weighted by molar-refractivity contribution is -0.119. The van der Waals surface area contributed by atoms with E-state index in [4.69, 9.17) is 18.0 Å². The van der Waals surface area contributed by atoms with Crippen molar-refractivity contribution in [3.63, 3.8) is 0 Å². The Kier molecular flexibility index (Phi) is 5.03. The number of carbonyl (C=O) groups is 1. The van der Waals surface area contributed by atoms with Crippen LogP contribution in [0.1, 0.15) is 19.4 Å². The zero-order chi connectivity index (χ0) is 13.7. The molecule has 0 aliphatic carbocycles. The smallest absolute Gasteiger partial charge is 0.239 e. The second kappa shape index (κ2) is 6.30. The van der Waals surface area contributed by atoms with Crippen molar-refractivity contribution in [1.82, 2.24) is 5.32 Å². The van der Waals surface area contributed by atoms with Crippen molar-refractivity contribution in [3.8, 4) is 0 Å². The van der Waals surface area contributed by atoms with Crippen LogP contribution >= 0.6 is 12.2 Å². The van der Waals surface area contributed by atoms with Gasteiger partial charge in [0, 0.05) is 17.3 Å². The van der Waals surface area contributed by atoms with Gasteiger partial charge < -0.3 is 16.4 Å². The Hall–Kier alpha value is -1.69. The first-order valence-corrected chi connectivity index (χ1v) is 5.93. The van der Waals surface area contributed by atoms with E-state index in [1.807, 2.05) is 13.8 Å². The highest BCUT2D eigenvalue weighted by Crippen LogP contribution is 2.14. The minimum absolute atomic E-state index is 0.0107. The second-order valence-corrected chi connectivity index (χ2v) is 4.57. The van der Waals surface area contributed by atoms with Crippen LogP contribution in [0.5, 0.6) is 0 Å². The van der Waals surface area contributed by atoms with Crippen LogP contribution in [0.2, 0.25) is 0 Å². The predicted molar refractivity (Wildman–Crippen MR) is 74.1 cm³/mol. The number of rotatable bonds is 5. The summed E-state index contributed by atoms with van der Waals surface area (Å²) in [5.41, 5.74) is 6.05. The zero-order valence-corrected chi connectivity index (χ0v) is 11.1. The average molecular weight is 269 g/mol. The summed E-state index contributed by atoms with van der Waals surface area (Å²) in [6, 6.07) is 4.45. The number of halogens is 1. The molecule has 1 aromatic rings. The Balaban J connectivity index is 2.61. The summed E-state index contributed by atoms with van der Waals surface area (Å²) < 4.78 is 13.5. The van der Waals surface area contributed by atoms with Crippen LogP contribution in [-0.2, 0) is 4.79 Å². The van der Waals surface area contributed by atoms with Crippen molar-refractivity contribution in [2.24, 2.45) is 5.73 Å². The summed E-state index contributed by atoms with van der Waals surface area (Å²) in [5, 5.41) is 5.54. The molecule has 0 fully saturated rings. The maximum Gasteiger partial charge on any atom is 0.239 e. The maximum atomic E-state index is 13.5. The third-order valence-corrected chi connectivity index (χ3v) is 2.36. The van der Waals surface area contributed by atoms with E-state index in [2.05, 4.69) is 10.6 Å². The monoisotopic (exact) mass is 269 g/mol. The van der Waals surface area contributed by atoms with Crippen LogP contribution < -0.4 is 16.4 Å². The van der Waals surface area contributed by atoms with Crippen LogP contribution in [0, 0.1) is 5.82 Å². The molecular formula is C12H16FN3OS. The lowest BCUT2D eigenvalue weighted by atomic mass is 10.2. The molecule has 0 spiro atoms. The normalized spacial score (nSPS) is 10.2. The van der Waals surface area contributed by atoms with E-state index >= 15 is 0 Å². The second-order valence-electron chi connectivity index (χ2n) is 4.13. The quantitative estimate of drug-likeness (QED) is 0.707. The number of amides is 1. The summed E-state index contributed by atoms with van der Waals surface area (Å²) >= 11 is 4.70. The van der Waals surface area contributed by atoms with Crippen LogP contribution in [0.15, 0.2) is 18.2 Å². The number of nitrogens with one attached hydrogen (secondary N) is 2. The van der Waals surface area contributed by atoms with E-state index in [9.17, 15) is 9.18 Å². The molecule has 0 saturated carbocycles. The molecule has 1 aromatic carbocycles. The Morgan fingerprint density at radius 1 is 1.50 bits per heavy atom. The van der Waals surface area contributed by atoms with Crippen LogP contribution in [-0.4, -0.2) is 23.5 Å². The molecule has 4 nitrogen and oxygen atoms in total. The summed E-state index contributed by atoms with van der Waals surface area (Å²) in [5.74, 6) is -0.652. The Morgan fingerprint density at radius 2 is 2.17 bits per heavy atom. The molecule has 6 heteroatoms. The standard InChI is InChI=1S/C12H16FN3OS/c1-7(2)16-11(17)6-15-8-3-4-9(12(14)18)10(13)5-8/h3-5,7,15H,6H2,1-2H3,(H2,14,18)(H,16,17). The number of anilines is 1. The first-order valence-electron chi connectivity index (χ1n) is 5.52. The van der Waals surface area contributed by atoms with E-state index in [-0.39, 0.29) is 29.0 Å². The number of benzene rings is 1. The van der Waals surface area contributed by atoms with Crippen LogP contribution in [0.4, 0.5) is 10.1 Å². The molecule has 1 amide bonds. The van der Waals surface area contributed by atoms with Crippen molar-refractivity contribution in [3.05, 3.63) is 29.6 Å². The Morgan fingerprint density at radius 3 is 2.67 bits per heavy atom. The third kappa shape index (κ3) is 4.29. The molecule has 0 heterocycles. The van der Waals surface area contributed by atoms with Gasteiger partial charge in [-0.3, -0.25) is 4.79 Å². The molecule has 0 aromatic heterocycles. The van der Waals surface area contributed by atoms with Gasteiger partial charge in [-0.15, -0.1) is 0 Å². The first-order chi connectivity index (χ1) is 8.40. The number of carbonyl (C=O) groups excluding carboxylic acids is 1. The molecule has 0 atom stereocenters. The van der Waals surface area contributed by atoms with Crippen molar-refractivity contribution in [1.29, 1.82) is 0 Å². The fourth-order valence-electron chi connectivity index (χ4n) is 1.38. The molecule has 98 valence electrons. The highest BCUT2D eigenvalue weighted by Gasteiger charge is 2.07. The predicted octanol–water partition coefficient (Wildman–Crippen LogP) is 1.40.